The van der Waals surface area contributed by atoms with Crippen molar-refractivity contribution in [1.29, 1.82) is 0 Å². The summed E-state index contributed by atoms with van der Waals surface area (Å²) in [6.07, 6.45) is 2.99. The van der Waals surface area contributed by atoms with Crippen LogP contribution in [0.5, 0.6) is 0 Å². The molecule has 32 nitrogen and oxygen atoms in total. The van der Waals surface area contributed by atoms with Crippen LogP contribution in [0, 0.1) is 17.8 Å². The van der Waals surface area contributed by atoms with Gasteiger partial charge in [0.25, 0.3) is 0 Å². The predicted octanol–water partition coefficient (Wildman–Crippen LogP) is -1.02. The number of thioether (sulfide) groups is 1. The van der Waals surface area contributed by atoms with Crippen LogP contribution in [0.3, 0.4) is 0 Å². The van der Waals surface area contributed by atoms with Gasteiger partial charge in [0.15, 0.2) is 0 Å². The molecule has 33 heteroatoms. The number of H-pyrrole nitrogens is 3. The Hall–Kier alpha value is -9.89. The summed E-state index contributed by atoms with van der Waals surface area (Å²) in [4.78, 5) is 196. The third-order valence-electron chi connectivity index (χ3n) is 17.0. The van der Waals surface area contributed by atoms with E-state index >= 15 is 0 Å². The molecule has 1 fully saturated rings. The number of carbonyl (C=O) groups is 13. The molecule has 0 radical (unpaired) electrons. The number of carboxylic acids is 1. The van der Waals surface area contributed by atoms with Gasteiger partial charge >= 0.3 is 5.97 Å². The second-order valence-electron chi connectivity index (χ2n) is 26.4. The summed E-state index contributed by atoms with van der Waals surface area (Å²) in [5.74, 6) is -12.7. The van der Waals surface area contributed by atoms with E-state index in [9.17, 15) is 72.5 Å². The minimum atomic E-state index is -1.61. The largest absolute Gasteiger partial charge is 0.481 e. The van der Waals surface area contributed by atoms with E-state index in [1.54, 1.807) is 84.3 Å². The van der Waals surface area contributed by atoms with Crippen LogP contribution < -0.4 is 69.5 Å². The highest BCUT2D eigenvalue weighted by Crippen LogP contribution is 2.22. The van der Waals surface area contributed by atoms with Crippen molar-refractivity contribution in [3.8, 4) is 0 Å². The van der Waals surface area contributed by atoms with E-state index in [-0.39, 0.29) is 68.3 Å². The second kappa shape index (κ2) is 38.6. The molecule has 550 valence electrons. The molecule has 1 saturated heterocycles. The maximum Gasteiger partial charge on any atom is 0.303 e. The summed E-state index contributed by atoms with van der Waals surface area (Å²) in [5, 5.41) is 53.7. The number of imidazole rings is 1. The number of carbonyl (C=O) groups excluding carboxylic acids is 12. The van der Waals surface area contributed by atoms with Crippen LogP contribution in [-0.4, -0.2) is 205 Å². The second-order valence-corrected chi connectivity index (χ2v) is 27.7. The van der Waals surface area contributed by atoms with Crippen molar-refractivity contribution < 1.29 is 72.5 Å². The molecule has 0 aliphatic carbocycles. The fourth-order valence-electron chi connectivity index (χ4n) is 11.4. The SMILES string of the molecule is CN[C@H]1CCSCC[C@@H](C(=O)N[C@H](C(N)=O)[C@@H](C)O)NC(=O)C(Cc2c[nH]c3ccccc23)NC(=O)[C@H](C(C)C)NC(=O)[C@H](CC(C)C)NC(=O)[C@H](CCC(=O)O)NC(=O)CNC(=O)[C@H](CC(C)C)NC(=O)[C@H](Cc2cnc[nH]2)NC(=O)[C@H](Cc2c[nH]c3ccccc23)NC(=O)[C@H](C)NC1=O. The normalized spacial score (nSPS) is 23.8. The summed E-state index contributed by atoms with van der Waals surface area (Å²) in [6, 6.07) is -0.922. The summed E-state index contributed by atoms with van der Waals surface area (Å²) in [7, 11) is 1.54. The number of primary amides is 1. The van der Waals surface area contributed by atoms with Gasteiger partial charge in [-0.2, -0.15) is 11.8 Å². The third-order valence-corrected chi connectivity index (χ3v) is 18.0. The zero-order valence-electron chi connectivity index (χ0n) is 58.2. The number of carboxylic acid groups (broad SMARTS) is 1. The van der Waals surface area contributed by atoms with Gasteiger partial charge in [-0.15, -0.1) is 0 Å². The number of aliphatic carboxylic acids is 1. The fraction of sp³-hybridized carbons (Fsp3) is 0.529. The van der Waals surface area contributed by atoms with E-state index in [1.165, 1.54) is 45.2 Å². The van der Waals surface area contributed by atoms with Crippen molar-refractivity contribution >= 4 is 110 Å². The highest BCUT2D eigenvalue weighted by atomic mass is 32.2. The maximum atomic E-state index is 14.9. The number of aromatic amines is 3. The number of amides is 12. The molecule has 1 unspecified atom stereocenters. The van der Waals surface area contributed by atoms with Crippen molar-refractivity contribution in [2.45, 2.75) is 186 Å². The highest BCUT2D eigenvalue weighted by Gasteiger charge is 2.38. The number of benzene rings is 2. The predicted molar refractivity (Wildman–Crippen MR) is 375 cm³/mol. The average molecular weight is 1420 g/mol. The molecule has 19 N–H and O–H groups in total. The Bertz CT molecular complexity index is 3710. The van der Waals surface area contributed by atoms with E-state index < -0.39 is 175 Å². The molecule has 2 aromatic carbocycles. The summed E-state index contributed by atoms with van der Waals surface area (Å²) < 4.78 is 0. The Morgan fingerprint density at radius 3 is 1.62 bits per heavy atom. The summed E-state index contributed by atoms with van der Waals surface area (Å²) in [5.41, 5.74) is 8.56. The molecule has 1 aliphatic rings. The van der Waals surface area contributed by atoms with E-state index in [4.69, 9.17) is 5.73 Å². The van der Waals surface area contributed by atoms with Gasteiger partial charge in [-0.1, -0.05) is 77.9 Å². The number of aliphatic hydroxyl groups is 1. The number of hydrogen-bond donors (Lipinski definition) is 18. The fourth-order valence-corrected chi connectivity index (χ4v) is 12.5. The Morgan fingerprint density at radius 2 is 1.10 bits per heavy atom. The molecular formula is C68H97N17O15S. The zero-order valence-corrected chi connectivity index (χ0v) is 59.0. The lowest BCUT2D eigenvalue weighted by atomic mass is 9.98. The monoisotopic (exact) mass is 1420 g/mol. The molecule has 5 aromatic rings. The Balaban J connectivity index is 1.37. The Morgan fingerprint density at radius 1 is 0.594 bits per heavy atom. The molecule has 0 spiro atoms. The molecule has 1 aliphatic heterocycles. The molecule has 12 atom stereocenters. The molecule has 0 bridgehead atoms. The number of nitrogens with two attached hydrogens (primary N) is 1. The van der Waals surface area contributed by atoms with Crippen molar-refractivity contribution in [3.63, 3.8) is 0 Å². The Labute approximate surface area is 588 Å². The Kier molecular flexibility index (Phi) is 30.6. The number of aromatic nitrogens is 4. The standard InChI is InChI=1S/C68H97N17O15S/c1-34(2)24-49-60(92)74-32-54(87)77-47(18-19-55(88)89)62(94)81-50(25-35(3)4)67(99)84-56(36(5)6)68(100)83-52(27-40-30-73-45-17-13-11-15-43(40)45)64(96)78-48(63(95)85-57(38(8)86)58(69)90)21-23-101-22-20-46(70-9)61(93)76-37(7)59(91)79-51(26-39-29-72-44-16-12-10-14-42(39)44)65(97)82-53(66(98)80-49)28-41-31-71-33-75-41/h10-17,29-31,33-38,46-53,56-57,70,72-73,86H,18-28,32H2,1-9H3,(H2,69,90)(H,71,75)(H,74,92)(H,76,93)(H,77,87)(H,78,96)(H,79,91)(H,80,98)(H,81,94)(H,82,97)(H,83,100)(H,84,99)(H,85,95)(H,88,89)/t37-,38+,46-,47-,48-,49-,50-,51-,52?,53-,56-,57-/m0/s1. The number of likely N-dealkylation sites (N-methyl/N-ethyl adjacent to an activating group) is 1. The molecule has 6 rings (SSSR count). The highest BCUT2D eigenvalue weighted by molar-refractivity contribution is 7.99. The molecule has 12 amide bonds. The van der Waals surface area contributed by atoms with Gasteiger partial charge in [0.05, 0.1) is 25.0 Å². The van der Waals surface area contributed by atoms with Gasteiger partial charge in [0, 0.05) is 71.8 Å². The van der Waals surface area contributed by atoms with Gasteiger partial charge in [0.2, 0.25) is 70.9 Å². The average Bonchev–Trinajstić information content (AvgIpc) is 1.71. The number of fused-ring (bicyclic) bond motifs is 2. The van der Waals surface area contributed by atoms with Gasteiger partial charge in [-0.3, -0.25) is 62.3 Å². The topological polar surface area (TPSA) is 493 Å². The van der Waals surface area contributed by atoms with Crippen LogP contribution in [0.2, 0.25) is 0 Å². The molecule has 3 aromatic heterocycles. The van der Waals surface area contributed by atoms with E-state index in [2.05, 4.69) is 83.7 Å². The minimum absolute atomic E-state index is 0.0110. The lowest BCUT2D eigenvalue weighted by molar-refractivity contribution is -0.138. The van der Waals surface area contributed by atoms with Crippen LogP contribution >= 0.6 is 11.8 Å². The molecular weight excluding hydrogens is 1330 g/mol. The number of nitrogens with zero attached hydrogens (tertiary/aromatic N) is 1. The number of aliphatic hydroxyl groups excluding tert-OH is 1. The molecule has 101 heavy (non-hydrogen) atoms. The summed E-state index contributed by atoms with van der Waals surface area (Å²) >= 11 is 1.27. The first-order valence-corrected chi connectivity index (χ1v) is 34.9. The molecule has 0 saturated carbocycles. The van der Waals surface area contributed by atoms with Gasteiger partial charge in [0.1, 0.15) is 60.4 Å². The first kappa shape index (κ1) is 80.1. The first-order chi connectivity index (χ1) is 47.9. The van der Waals surface area contributed by atoms with Crippen LogP contribution in [0.4, 0.5) is 0 Å². The number of nitrogens with one attached hydrogen (secondary N) is 15. The van der Waals surface area contributed by atoms with Crippen molar-refractivity contribution in [2.75, 3.05) is 25.1 Å². The summed E-state index contributed by atoms with van der Waals surface area (Å²) in [6.45, 7) is 12.1. The van der Waals surface area contributed by atoms with Crippen molar-refractivity contribution in [2.24, 2.45) is 23.5 Å². The smallest absolute Gasteiger partial charge is 0.303 e. The lowest BCUT2D eigenvalue weighted by Crippen LogP contribution is -2.61. The van der Waals surface area contributed by atoms with Crippen molar-refractivity contribution in [3.05, 3.63) is 90.3 Å². The lowest BCUT2D eigenvalue weighted by Gasteiger charge is -2.29. The van der Waals surface area contributed by atoms with Crippen molar-refractivity contribution in [1.82, 2.24) is 83.7 Å². The van der Waals surface area contributed by atoms with Gasteiger partial charge in [-0.25, -0.2) is 4.98 Å². The van der Waals surface area contributed by atoms with Crippen LogP contribution in [-0.2, 0) is 81.6 Å². The van der Waals surface area contributed by atoms with Crippen LogP contribution in [0.1, 0.15) is 111 Å². The van der Waals surface area contributed by atoms with E-state index in [1.807, 2.05) is 18.2 Å². The number of hydrogen-bond acceptors (Lipinski definition) is 17. The minimum Gasteiger partial charge on any atom is -0.481 e. The van der Waals surface area contributed by atoms with Gasteiger partial charge in [-0.05, 0) is 106 Å². The van der Waals surface area contributed by atoms with Crippen LogP contribution in [0.25, 0.3) is 21.8 Å². The van der Waals surface area contributed by atoms with E-state index in [0.717, 1.165) is 10.9 Å². The number of rotatable bonds is 19. The number of para-hydroxylation sites is 2. The quantitative estimate of drug-likeness (QED) is 0.0470. The third kappa shape index (κ3) is 24.5. The molecule has 4 heterocycles. The zero-order chi connectivity index (χ0) is 74.2. The van der Waals surface area contributed by atoms with Gasteiger partial charge < -0.3 is 94.7 Å². The maximum absolute atomic E-state index is 14.9. The van der Waals surface area contributed by atoms with E-state index in [0.29, 0.717) is 27.7 Å². The first-order valence-electron chi connectivity index (χ1n) is 33.7. The van der Waals surface area contributed by atoms with Crippen LogP contribution in [0.15, 0.2) is 73.4 Å².